The summed E-state index contributed by atoms with van der Waals surface area (Å²) in [7, 11) is 0. The fourth-order valence-electron chi connectivity index (χ4n) is 1.47. The van der Waals surface area contributed by atoms with Gasteiger partial charge >= 0.3 is 0 Å². The molecule has 0 spiro atoms. The maximum atomic E-state index is 13.9. The molecule has 1 aromatic carbocycles. The molecule has 0 unspecified atom stereocenters. The maximum absolute atomic E-state index is 13.9. The molecule has 4 nitrogen and oxygen atoms in total. The third kappa shape index (κ3) is 1.78. The normalized spacial score (nSPS) is 13.7. The highest BCUT2D eigenvalue weighted by atomic mass is 79.9. The van der Waals surface area contributed by atoms with Crippen LogP contribution in [0.4, 0.5) is 4.39 Å². The second-order valence-electron chi connectivity index (χ2n) is 3.20. The van der Waals surface area contributed by atoms with Gasteiger partial charge in [0, 0.05) is 4.47 Å². The van der Waals surface area contributed by atoms with Gasteiger partial charge in [-0.1, -0.05) is 0 Å². The summed E-state index contributed by atoms with van der Waals surface area (Å²) in [5, 5.41) is 0. The van der Waals surface area contributed by atoms with Crippen molar-refractivity contribution in [2.24, 2.45) is 5.73 Å². The molecule has 16 heavy (non-hydrogen) atoms. The highest BCUT2D eigenvalue weighted by molar-refractivity contribution is 9.10. The molecule has 0 saturated heterocycles. The fourth-order valence-corrected chi connectivity index (χ4v) is 2.08. The van der Waals surface area contributed by atoms with Crippen molar-refractivity contribution in [1.29, 1.82) is 0 Å². The van der Waals surface area contributed by atoms with Crippen LogP contribution in [0.5, 0.6) is 11.5 Å². The topological polar surface area (TPSA) is 61.6 Å². The molecule has 0 radical (unpaired) electrons. The van der Waals surface area contributed by atoms with E-state index >= 15 is 0 Å². The predicted molar refractivity (Wildman–Crippen MR) is 58.5 cm³/mol. The average molecular weight is 290 g/mol. The zero-order chi connectivity index (χ0) is 11.7. The number of rotatable bonds is 2. The van der Waals surface area contributed by atoms with Gasteiger partial charge in [-0.25, -0.2) is 4.39 Å². The third-order valence-electron chi connectivity index (χ3n) is 2.19. The van der Waals surface area contributed by atoms with Crippen LogP contribution in [0.1, 0.15) is 10.4 Å². The number of fused-ring (bicyclic) bond motifs is 1. The molecule has 1 aliphatic rings. The van der Waals surface area contributed by atoms with Crippen molar-refractivity contribution in [1.82, 2.24) is 0 Å². The molecule has 0 bridgehead atoms. The van der Waals surface area contributed by atoms with Crippen molar-refractivity contribution in [3.05, 3.63) is 21.9 Å². The Hall–Kier alpha value is -1.14. The average Bonchev–Trinajstić information content (AvgIpc) is 2.28. The van der Waals surface area contributed by atoms with Gasteiger partial charge in [0.1, 0.15) is 13.2 Å². The van der Waals surface area contributed by atoms with Gasteiger partial charge in [-0.15, -0.1) is 0 Å². The van der Waals surface area contributed by atoms with Gasteiger partial charge in [0.05, 0.1) is 12.1 Å². The zero-order valence-corrected chi connectivity index (χ0v) is 9.84. The Morgan fingerprint density at radius 1 is 1.50 bits per heavy atom. The molecule has 6 heteroatoms. The number of carbonyl (C=O) groups excluding carboxylic acids is 1. The first kappa shape index (κ1) is 11.3. The van der Waals surface area contributed by atoms with Gasteiger partial charge in [-0.3, -0.25) is 4.79 Å². The van der Waals surface area contributed by atoms with E-state index in [4.69, 9.17) is 15.2 Å². The van der Waals surface area contributed by atoms with Gasteiger partial charge in [0.2, 0.25) is 0 Å². The minimum Gasteiger partial charge on any atom is -0.486 e. The summed E-state index contributed by atoms with van der Waals surface area (Å²) in [6, 6.07) is 1.51. The van der Waals surface area contributed by atoms with E-state index in [1.165, 1.54) is 6.07 Å². The summed E-state index contributed by atoms with van der Waals surface area (Å²) >= 11 is 3.12. The van der Waals surface area contributed by atoms with E-state index in [0.717, 1.165) is 0 Å². The van der Waals surface area contributed by atoms with Crippen molar-refractivity contribution in [2.75, 3.05) is 19.8 Å². The van der Waals surface area contributed by atoms with Crippen LogP contribution in [0.3, 0.4) is 0 Å². The Morgan fingerprint density at radius 2 is 2.19 bits per heavy atom. The number of hydrogen-bond donors (Lipinski definition) is 1. The van der Waals surface area contributed by atoms with E-state index in [2.05, 4.69) is 15.9 Å². The number of carbonyl (C=O) groups is 1. The third-order valence-corrected chi connectivity index (χ3v) is 2.82. The molecule has 2 N–H and O–H groups in total. The molecule has 1 aromatic rings. The summed E-state index contributed by atoms with van der Waals surface area (Å²) < 4.78 is 24.6. The van der Waals surface area contributed by atoms with Crippen molar-refractivity contribution in [2.45, 2.75) is 0 Å². The number of benzene rings is 1. The first-order valence-corrected chi connectivity index (χ1v) is 5.45. The van der Waals surface area contributed by atoms with Crippen molar-refractivity contribution in [3.8, 4) is 11.5 Å². The van der Waals surface area contributed by atoms with Crippen LogP contribution >= 0.6 is 15.9 Å². The molecular weight excluding hydrogens is 281 g/mol. The highest BCUT2D eigenvalue weighted by Gasteiger charge is 2.25. The zero-order valence-electron chi connectivity index (χ0n) is 8.26. The largest absolute Gasteiger partial charge is 0.486 e. The van der Waals surface area contributed by atoms with Gasteiger partial charge in [0.15, 0.2) is 23.1 Å². The lowest BCUT2D eigenvalue weighted by molar-refractivity contribution is 0.0993. The van der Waals surface area contributed by atoms with E-state index < -0.39 is 11.6 Å². The molecule has 0 amide bonds. The van der Waals surface area contributed by atoms with Gasteiger partial charge in [-0.05, 0) is 22.0 Å². The summed E-state index contributed by atoms with van der Waals surface area (Å²) in [6.45, 7) is 0.375. The predicted octanol–water partition coefficient (Wildman–Crippen LogP) is 1.50. The first-order chi connectivity index (χ1) is 7.65. The number of nitrogens with two attached hydrogens (primary N) is 1. The van der Waals surface area contributed by atoms with Crippen LogP contribution in [0.25, 0.3) is 0 Å². The fraction of sp³-hybridized carbons (Fsp3) is 0.300. The lowest BCUT2D eigenvalue weighted by Gasteiger charge is -2.20. The van der Waals surface area contributed by atoms with Crippen LogP contribution in [0.15, 0.2) is 10.5 Å². The number of ether oxygens (including phenoxy) is 2. The SMILES string of the molecule is NCC(=O)c1c(Br)cc2c(c1F)OCCO2. The van der Waals surface area contributed by atoms with Crippen molar-refractivity contribution < 1.29 is 18.7 Å². The lowest BCUT2D eigenvalue weighted by Crippen LogP contribution is -2.20. The van der Waals surface area contributed by atoms with Crippen LogP contribution in [-0.4, -0.2) is 25.5 Å². The molecule has 86 valence electrons. The van der Waals surface area contributed by atoms with E-state index in [1.54, 1.807) is 0 Å². The Bertz CT molecular complexity index is 450. The molecule has 2 rings (SSSR count). The Labute approximate surface area is 99.6 Å². The van der Waals surface area contributed by atoms with Crippen LogP contribution in [-0.2, 0) is 0 Å². The summed E-state index contributed by atoms with van der Waals surface area (Å²) in [4.78, 5) is 11.4. The van der Waals surface area contributed by atoms with E-state index in [1.807, 2.05) is 0 Å². The van der Waals surface area contributed by atoms with Crippen LogP contribution in [0, 0.1) is 5.82 Å². The first-order valence-electron chi connectivity index (χ1n) is 4.66. The number of Topliss-reactive ketones (excluding diaryl/α,β-unsaturated/α-hetero) is 1. The quantitative estimate of drug-likeness (QED) is 0.838. The smallest absolute Gasteiger partial charge is 0.198 e. The second-order valence-corrected chi connectivity index (χ2v) is 4.05. The molecule has 0 atom stereocenters. The second kappa shape index (κ2) is 4.39. The molecule has 0 saturated carbocycles. The summed E-state index contributed by atoms with van der Waals surface area (Å²) in [5.74, 6) is -0.934. The van der Waals surface area contributed by atoms with Crippen LogP contribution < -0.4 is 15.2 Å². The number of ketones is 1. The molecule has 1 aliphatic heterocycles. The number of halogens is 2. The lowest BCUT2D eigenvalue weighted by atomic mass is 10.1. The van der Waals surface area contributed by atoms with Crippen LogP contribution in [0.2, 0.25) is 0 Å². The minimum absolute atomic E-state index is 0.0220. The van der Waals surface area contributed by atoms with E-state index in [-0.39, 0.29) is 24.5 Å². The molecule has 0 aliphatic carbocycles. The summed E-state index contributed by atoms with van der Waals surface area (Å²) in [5.41, 5.74) is 5.12. The van der Waals surface area contributed by atoms with E-state index in [0.29, 0.717) is 16.8 Å². The molecule has 0 fully saturated rings. The standard InChI is InChI=1S/C10H9BrFNO3/c11-5-3-7-10(16-2-1-15-7)9(12)8(5)6(14)4-13/h3H,1-2,4,13H2. The van der Waals surface area contributed by atoms with Gasteiger partial charge in [0.25, 0.3) is 0 Å². The molecule has 0 aromatic heterocycles. The minimum atomic E-state index is -0.723. The Morgan fingerprint density at radius 3 is 2.88 bits per heavy atom. The monoisotopic (exact) mass is 289 g/mol. The Kier molecular flexibility index (Phi) is 3.11. The maximum Gasteiger partial charge on any atom is 0.198 e. The number of hydrogen-bond acceptors (Lipinski definition) is 4. The molecular formula is C10H9BrFNO3. The summed E-state index contributed by atoms with van der Waals surface area (Å²) in [6.07, 6.45) is 0. The highest BCUT2D eigenvalue weighted by Crippen LogP contribution is 2.38. The van der Waals surface area contributed by atoms with Gasteiger partial charge in [-0.2, -0.15) is 0 Å². The van der Waals surface area contributed by atoms with Crippen molar-refractivity contribution in [3.63, 3.8) is 0 Å². The van der Waals surface area contributed by atoms with E-state index in [9.17, 15) is 9.18 Å². The molecule has 1 heterocycles. The van der Waals surface area contributed by atoms with Gasteiger partial charge < -0.3 is 15.2 Å². The van der Waals surface area contributed by atoms with Crippen molar-refractivity contribution >= 4 is 21.7 Å². The Balaban J connectivity index is 2.58.